The molecule has 0 radical (unpaired) electrons. The smallest absolute Gasteiger partial charge is 0.224 e. The number of pyridine rings is 1. The molecule has 8 heteroatoms. The molecule has 3 N–H and O–H groups in total. The van der Waals surface area contributed by atoms with E-state index in [2.05, 4.69) is 15.3 Å². The second-order valence-corrected chi connectivity index (χ2v) is 7.49. The van der Waals surface area contributed by atoms with E-state index in [1.807, 2.05) is 31.2 Å². The van der Waals surface area contributed by atoms with Crippen LogP contribution in [0.4, 0.5) is 11.6 Å². The van der Waals surface area contributed by atoms with Crippen LogP contribution in [0.2, 0.25) is 0 Å². The van der Waals surface area contributed by atoms with Gasteiger partial charge < -0.3 is 25.3 Å². The topological polar surface area (TPSA) is 104 Å². The highest BCUT2D eigenvalue weighted by molar-refractivity contribution is 5.96. The Bertz CT molecular complexity index is 990. The lowest BCUT2D eigenvalue weighted by Gasteiger charge is -2.23. The summed E-state index contributed by atoms with van der Waals surface area (Å²) in [5.74, 6) is 1.08. The highest BCUT2D eigenvalue weighted by Gasteiger charge is 2.20. The van der Waals surface area contributed by atoms with E-state index in [9.17, 15) is 0 Å². The molecule has 1 fully saturated rings. The Labute approximate surface area is 175 Å². The summed E-state index contributed by atoms with van der Waals surface area (Å²) in [5, 5.41) is 4.06. The first-order valence-corrected chi connectivity index (χ1v) is 10.2. The predicted molar refractivity (Wildman–Crippen MR) is 117 cm³/mol. The third-order valence-electron chi connectivity index (χ3n) is 5.05. The molecule has 3 heterocycles. The number of nitrogens with one attached hydrogen (secondary N) is 1. The fraction of sp³-hybridized carbons (Fsp3) is 0.409. The quantitative estimate of drug-likeness (QED) is 0.573. The van der Waals surface area contributed by atoms with Crippen LogP contribution < -0.4 is 15.8 Å². The van der Waals surface area contributed by atoms with Crippen molar-refractivity contribution in [3.05, 3.63) is 36.7 Å². The van der Waals surface area contributed by atoms with E-state index in [1.165, 1.54) is 0 Å². The summed E-state index contributed by atoms with van der Waals surface area (Å²) in [7, 11) is 1.67. The first-order chi connectivity index (χ1) is 14.6. The fourth-order valence-electron chi connectivity index (χ4n) is 3.50. The van der Waals surface area contributed by atoms with Gasteiger partial charge in [-0.1, -0.05) is 12.1 Å². The number of nitrogens with two attached hydrogens (primary N) is 1. The number of aromatic nitrogens is 3. The van der Waals surface area contributed by atoms with Crippen molar-refractivity contribution in [2.75, 3.05) is 38.0 Å². The SMILES string of the molecule is COC[C@H](C)Nc1ncc2c(OC3CCOCC3)ncc(-c3ccc(N)cc3)c2n1. The average Bonchev–Trinajstić information content (AvgIpc) is 2.75. The third-order valence-corrected chi connectivity index (χ3v) is 5.05. The number of ether oxygens (including phenoxy) is 3. The van der Waals surface area contributed by atoms with Crippen molar-refractivity contribution < 1.29 is 14.2 Å². The van der Waals surface area contributed by atoms with Crippen LogP contribution in [-0.2, 0) is 9.47 Å². The van der Waals surface area contributed by atoms with Gasteiger partial charge in [0, 0.05) is 49.6 Å². The van der Waals surface area contributed by atoms with Crippen molar-refractivity contribution in [3.63, 3.8) is 0 Å². The minimum Gasteiger partial charge on any atom is -0.474 e. The monoisotopic (exact) mass is 409 g/mol. The Hall–Kier alpha value is -2.97. The first-order valence-electron chi connectivity index (χ1n) is 10.2. The van der Waals surface area contributed by atoms with Crippen molar-refractivity contribution in [3.8, 4) is 17.0 Å². The van der Waals surface area contributed by atoms with Crippen LogP contribution >= 0.6 is 0 Å². The molecule has 0 amide bonds. The van der Waals surface area contributed by atoms with E-state index >= 15 is 0 Å². The zero-order valence-electron chi connectivity index (χ0n) is 17.3. The number of anilines is 2. The van der Waals surface area contributed by atoms with Crippen molar-refractivity contribution in [2.45, 2.75) is 31.9 Å². The van der Waals surface area contributed by atoms with Crippen LogP contribution in [0.5, 0.6) is 5.88 Å². The normalized spacial score (nSPS) is 15.8. The molecule has 0 saturated carbocycles. The van der Waals surface area contributed by atoms with Crippen LogP contribution in [0.3, 0.4) is 0 Å². The molecular formula is C22H27N5O3. The highest BCUT2D eigenvalue weighted by atomic mass is 16.5. The molecule has 4 rings (SSSR count). The fourth-order valence-corrected chi connectivity index (χ4v) is 3.50. The van der Waals surface area contributed by atoms with E-state index in [1.54, 1.807) is 19.5 Å². The van der Waals surface area contributed by atoms with Crippen LogP contribution in [0.25, 0.3) is 22.0 Å². The van der Waals surface area contributed by atoms with Crippen molar-refractivity contribution in [1.82, 2.24) is 15.0 Å². The molecule has 30 heavy (non-hydrogen) atoms. The Morgan fingerprint density at radius 3 is 2.67 bits per heavy atom. The van der Waals surface area contributed by atoms with E-state index in [0.717, 1.165) is 34.9 Å². The van der Waals surface area contributed by atoms with E-state index in [-0.39, 0.29) is 12.1 Å². The minimum atomic E-state index is 0.0761. The summed E-state index contributed by atoms with van der Waals surface area (Å²) in [4.78, 5) is 13.9. The molecule has 2 aromatic heterocycles. The van der Waals surface area contributed by atoms with Gasteiger partial charge in [-0.05, 0) is 24.6 Å². The second-order valence-electron chi connectivity index (χ2n) is 7.49. The van der Waals surface area contributed by atoms with Gasteiger partial charge in [-0.2, -0.15) is 0 Å². The average molecular weight is 409 g/mol. The standard InChI is InChI=1S/C22H27N5O3/c1-14(13-28-2)26-22-25-12-19-20(27-22)18(15-3-5-16(23)6-4-15)11-24-21(19)30-17-7-9-29-10-8-17/h3-6,11-12,14,17H,7-10,13,23H2,1-2H3,(H,25,26,27)/t14-/m0/s1. The molecule has 3 aromatic rings. The maximum absolute atomic E-state index is 6.21. The van der Waals surface area contributed by atoms with Gasteiger partial charge >= 0.3 is 0 Å². The van der Waals surface area contributed by atoms with Crippen LogP contribution in [-0.4, -0.2) is 54.0 Å². The Morgan fingerprint density at radius 2 is 1.93 bits per heavy atom. The Balaban J connectivity index is 1.75. The summed E-state index contributed by atoms with van der Waals surface area (Å²) < 4.78 is 16.8. The number of nitrogen functional groups attached to an aromatic ring is 1. The maximum atomic E-state index is 6.21. The third kappa shape index (κ3) is 4.60. The number of methoxy groups -OCH3 is 1. The molecule has 1 aromatic carbocycles. The number of hydrogen-bond donors (Lipinski definition) is 2. The molecule has 0 bridgehead atoms. The molecule has 158 valence electrons. The van der Waals surface area contributed by atoms with Gasteiger partial charge in [-0.3, -0.25) is 0 Å². The van der Waals surface area contributed by atoms with E-state index in [0.29, 0.717) is 37.3 Å². The van der Waals surface area contributed by atoms with Crippen LogP contribution in [0.1, 0.15) is 19.8 Å². The molecule has 0 unspecified atom stereocenters. The molecule has 1 aliphatic rings. The van der Waals surface area contributed by atoms with E-state index < -0.39 is 0 Å². The van der Waals surface area contributed by atoms with Crippen LogP contribution in [0, 0.1) is 0 Å². The summed E-state index contributed by atoms with van der Waals surface area (Å²) in [6.07, 6.45) is 5.34. The van der Waals surface area contributed by atoms with Gasteiger partial charge in [0.15, 0.2) is 0 Å². The lowest BCUT2D eigenvalue weighted by molar-refractivity contribution is 0.0244. The van der Waals surface area contributed by atoms with Gasteiger partial charge in [-0.15, -0.1) is 0 Å². The van der Waals surface area contributed by atoms with E-state index in [4.69, 9.17) is 24.9 Å². The van der Waals surface area contributed by atoms with Crippen LogP contribution in [0.15, 0.2) is 36.7 Å². The van der Waals surface area contributed by atoms with Crippen molar-refractivity contribution >= 4 is 22.5 Å². The highest BCUT2D eigenvalue weighted by Crippen LogP contribution is 2.33. The molecule has 0 aliphatic carbocycles. The molecule has 0 spiro atoms. The number of nitrogens with zero attached hydrogens (tertiary/aromatic N) is 3. The largest absolute Gasteiger partial charge is 0.474 e. The molecule has 8 nitrogen and oxygen atoms in total. The minimum absolute atomic E-state index is 0.0761. The Kier molecular flexibility index (Phi) is 6.25. The van der Waals surface area contributed by atoms with Gasteiger partial charge in [0.25, 0.3) is 0 Å². The lowest BCUT2D eigenvalue weighted by atomic mass is 10.0. The maximum Gasteiger partial charge on any atom is 0.224 e. The number of fused-ring (bicyclic) bond motifs is 1. The zero-order valence-corrected chi connectivity index (χ0v) is 17.3. The number of benzene rings is 1. The summed E-state index contributed by atoms with van der Waals surface area (Å²) in [6, 6.07) is 7.75. The molecular weight excluding hydrogens is 382 g/mol. The van der Waals surface area contributed by atoms with Crippen molar-refractivity contribution in [2.24, 2.45) is 0 Å². The Morgan fingerprint density at radius 1 is 1.17 bits per heavy atom. The summed E-state index contributed by atoms with van der Waals surface area (Å²) in [5.41, 5.74) is 9.22. The van der Waals surface area contributed by atoms with Gasteiger partial charge in [-0.25, -0.2) is 15.0 Å². The number of hydrogen-bond acceptors (Lipinski definition) is 8. The summed E-state index contributed by atoms with van der Waals surface area (Å²) >= 11 is 0. The lowest BCUT2D eigenvalue weighted by Crippen LogP contribution is -2.26. The van der Waals surface area contributed by atoms with Gasteiger partial charge in [0.05, 0.1) is 30.7 Å². The zero-order chi connectivity index (χ0) is 20.9. The van der Waals surface area contributed by atoms with Crippen molar-refractivity contribution in [1.29, 1.82) is 0 Å². The molecule has 1 aliphatic heterocycles. The molecule has 1 saturated heterocycles. The first kappa shape index (κ1) is 20.3. The number of rotatable bonds is 7. The molecule has 1 atom stereocenters. The second kappa shape index (κ2) is 9.23. The summed E-state index contributed by atoms with van der Waals surface area (Å²) in [6.45, 7) is 3.98. The van der Waals surface area contributed by atoms with Gasteiger partial charge in [0.2, 0.25) is 11.8 Å². The van der Waals surface area contributed by atoms with Gasteiger partial charge in [0.1, 0.15) is 6.10 Å². The predicted octanol–water partition coefficient (Wildman–Crippen LogP) is 3.28.